The first-order valence-electron chi connectivity index (χ1n) is 14.3. The van der Waals surface area contributed by atoms with Crippen molar-refractivity contribution in [3.8, 4) is 42.5 Å². The average molecular weight is 585 g/mol. The summed E-state index contributed by atoms with van der Waals surface area (Å²) in [6.07, 6.45) is 15.7. The lowest BCUT2D eigenvalue weighted by atomic mass is 10.1. The van der Waals surface area contributed by atoms with Crippen molar-refractivity contribution in [2.24, 2.45) is 0 Å². The van der Waals surface area contributed by atoms with Crippen LogP contribution in [0.25, 0.3) is 30.5 Å². The Kier molecular flexibility index (Phi) is 8.56. The summed E-state index contributed by atoms with van der Waals surface area (Å²) >= 11 is 5.01. The summed E-state index contributed by atoms with van der Waals surface area (Å²) in [4.78, 5) is 13.8. The third-order valence-electron chi connectivity index (χ3n) is 7.35. The summed E-state index contributed by atoms with van der Waals surface area (Å²) in [7, 11) is 0. The maximum atomic E-state index is 6.35. The van der Waals surface area contributed by atoms with E-state index in [4.69, 9.17) is 28.9 Å². The summed E-state index contributed by atoms with van der Waals surface area (Å²) in [6.45, 7) is 5.66. The van der Waals surface area contributed by atoms with Crippen LogP contribution < -0.4 is 18.9 Å². The van der Waals surface area contributed by atoms with Crippen LogP contribution in [0.5, 0.6) is 23.0 Å². The number of nitrogens with zero attached hydrogens (tertiary/aromatic N) is 2. The standard InChI is InChI=1S/C30H36N2O4S3/c1-3-5-7-9-11-19-15-33-25-21(35-19)17-37-29(25)27-23-24(32-14-13-31-23)28(39-27)30-26-22(18-38-30)36-20(16-34-26)12-10-8-6-4-2/h13-14,17-20H,3-12,15-16H2,1-2H3. The van der Waals surface area contributed by atoms with Crippen LogP contribution in [-0.2, 0) is 0 Å². The van der Waals surface area contributed by atoms with Crippen molar-refractivity contribution in [3.63, 3.8) is 0 Å². The second kappa shape index (κ2) is 12.4. The van der Waals surface area contributed by atoms with Crippen molar-refractivity contribution in [1.82, 2.24) is 9.97 Å². The fraction of sp³-hybridized carbons (Fsp3) is 0.533. The van der Waals surface area contributed by atoms with Gasteiger partial charge in [-0.3, -0.25) is 9.97 Å². The normalized spacial score (nSPS) is 18.1. The van der Waals surface area contributed by atoms with Crippen molar-refractivity contribution in [2.75, 3.05) is 13.2 Å². The van der Waals surface area contributed by atoms with E-state index < -0.39 is 0 Å². The molecule has 6 rings (SSSR count). The average Bonchev–Trinajstić information content (AvgIpc) is 3.68. The number of fused-ring (bicyclic) bond motifs is 3. The highest BCUT2D eigenvalue weighted by atomic mass is 32.1. The van der Waals surface area contributed by atoms with Crippen LogP contribution in [0.1, 0.15) is 78.1 Å². The fourth-order valence-electron chi connectivity index (χ4n) is 5.25. The maximum absolute atomic E-state index is 6.35. The Morgan fingerprint density at radius 1 is 0.667 bits per heavy atom. The monoisotopic (exact) mass is 584 g/mol. The van der Waals surface area contributed by atoms with Gasteiger partial charge in [0.05, 0.1) is 19.5 Å². The molecular weight excluding hydrogens is 549 g/mol. The number of hydrogen-bond donors (Lipinski definition) is 0. The summed E-state index contributed by atoms with van der Waals surface area (Å²) in [5, 5.41) is 4.16. The van der Waals surface area contributed by atoms with Crippen molar-refractivity contribution in [3.05, 3.63) is 23.2 Å². The lowest BCUT2D eigenvalue weighted by molar-refractivity contribution is 0.0847. The Morgan fingerprint density at radius 2 is 1.15 bits per heavy atom. The Labute approximate surface area is 242 Å². The Morgan fingerprint density at radius 3 is 1.62 bits per heavy atom. The summed E-state index contributed by atoms with van der Waals surface area (Å²) in [6, 6.07) is 0. The molecular formula is C30H36N2O4S3. The smallest absolute Gasteiger partial charge is 0.180 e. The second-order valence-corrected chi connectivity index (χ2v) is 13.1. The van der Waals surface area contributed by atoms with Crippen molar-refractivity contribution in [2.45, 2.75) is 90.3 Å². The Bertz CT molecular complexity index is 1290. The van der Waals surface area contributed by atoms with E-state index in [1.165, 1.54) is 51.4 Å². The minimum Gasteiger partial charge on any atom is -0.484 e. The molecule has 9 heteroatoms. The highest BCUT2D eigenvalue weighted by Gasteiger charge is 2.31. The first kappa shape index (κ1) is 26.8. The third-order valence-corrected chi connectivity index (χ3v) is 10.7. The number of rotatable bonds is 12. The number of thiophene rings is 3. The summed E-state index contributed by atoms with van der Waals surface area (Å²) in [5.74, 6) is 3.38. The molecule has 39 heavy (non-hydrogen) atoms. The van der Waals surface area contributed by atoms with Crippen molar-refractivity contribution < 1.29 is 18.9 Å². The van der Waals surface area contributed by atoms with Crippen molar-refractivity contribution in [1.29, 1.82) is 0 Å². The number of aromatic nitrogens is 2. The van der Waals surface area contributed by atoms with Crippen molar-refractivity contribution >= 4 is 45.0 Å². The topological polar surface area (TPSA) is 62.7 Å². The van der Waals surface area contributed by atoms with Crippen LogP contribution in [0, 0.1) is 0 Å². The third kappa shape index (κ3) is 5.63. The molecule has 0 bridgehead atoms. The van der Waals surface area contributed by atoms with Gasteiger partial charge in [0.2, 0.25) is 0 Å². The van der Waals surface area contributed by atoms with Crippen LogP contribution in [0.2, 0.25) is 0 Å². The molecule has 0 saturated heterocycles. The highest BCUT2D eigenvalue weighted by molar-refractivity contribution is 7.27. The minimum absolute atomic E-state index is 0.123. The highest BCUT2D eigenvalue weighted by Crippen LogP contribution is 2.55. The van der Waals surface area contributed by atoms with E-state index in [1.807, 2.05) is 0 Å². The lowest BCUT2D eigenvalue weighted by Gasteiger charge is -2.25. The molecule has 4 aromatic heterocycles. The molecule has 6 nitrogen and oxygen atoms in total. The van der Waals surface area contributed by atoms with Gasteiger partial charge in [-0.15, -0.1) is 34.0 Å². The number of unbranched alkanes of at least 4 members (excludes halogenated alkanes) is 6. The molecule has 2 aliphatic rings. The molecule has 2 aliphatic heterocycles. The van der Waals surface area contributed by atoms with Gasteiger partial charge < -0.3 is 18.9 Å². The molecule has 0 aromatic carbocycles. The molecule has 0 spiro atoms. The largest absolute Gasteiger partial charge is 0.484 e. The Hall–Kier alpha value is -2.36. The zero-order valence-corrected chi connectivity index (χ0v) is 25.2. The summed E-state index contributed by atoms with van der Waals surface area (Å²) < 4.78 is 25.3. The quantitative estimate of drug-likeness (QED) is 0.155. The van der Waals surface area contributed by atoms with Gasteiger partial charge in [-0.1, -0.05) is 52.4 Å². The van der Waals surface area contributed by atoms with Gasteiger partial charge >= 0.3 is 0 Å². The number of hydrogen-bond acceptors (Lipinski definition) is 9. The first-order valence-corrected chi connectivity index (χ1v) is 16.9. The van der Waals surface area contributed by atoms with E-state index in [2.05, 4.69) is 24.6 Å². The van der Waals surface area contributed by atoms with Crippen LogP contribution in [-0.4, -0.2) is 35.4 Å². The molecule has 6 heterocycles. The molecule has 0 saturated carbocycles. The van der Waals surface area contributed by atoms with Gasteiger partial charge in [0.15, 0.2) is 23.0 Å². The zero-order valence-electron chi connectivity index (χ0n) is 22.7. The van der Waals surface area contributed by atoms with E-state index in [0.29, 0.717) is 13.2 Å². The minimum atomic E-state index is 0.123. The lowest BCUT2D eigenvalue weighted by Crippen LogP contribution is -2.28. The number of ether oxygens (including phenoxy) is 4. The van der Waals surface area contributed by atoms with Crippen LogP contribution in [0.15, 0.2) is 23.2 Å². The molecule has 2 unspecified atom stereocenters. The van der Waals surface area contributed by atoms with Crippen LogP contribution in [0.3, 0.4) is 0 Å². The molecule has 4 aromatic rings. The van der Waals surface area contributed by atoms with Gasteiger partial charge in [0, 0.05) is 23.2 Å². The molecule has 2 atom stereocenters. The van der Waals surface area contributed by atoms with Crippen LogP contribution in [0.4, 0.5) is 0 Å². The molecule has 208 valence electrons. The predicted molar refractivity (Wildman–Crippen MR) is 161 cm³/mol. The SMILES string of the molecule is CCCCCCC1COc2c(csc2-c2sc(-c3scc4c3OCC(CCCCCC)O4)c3nccnc23)O1. The zero-order chi connectivity index (χ0) is 26.6. The van der Waals surface area contributed by atoms with Gasteiger partial charge in [0.25, 0.3) is 0 Å². The first-order chi connectivity index (χ1) is 19.3. The van der Waals surface area contributed by atoms with E-state index in [0.717, 1.165) is 66.4 Å². The second-order valence-electron chi connectivity index (χ2n) is 10.3. The molecule has 0 N–H and O–H groups in total. The van der Waals surface area contributed by atoms with Gasteiger partial charge in [0.1, 0.15) is 36.5 Å². The van der Waals surface area contributed by atoms with Gasteiger partial charge in [-0.25, -0.2) is 0 Å². The molecule has 0 fully saturated rings. The predicted octanol–water partition coefficient (Wildman–Crippen LogP) is 9.37. The fourth-order valence-corrected chi connectivity index (χ4v) is 8.57. The summed E-state index contributed by atoms with van der Waals surface area (Å²) in [5.41, 5.74) is 1.78. The van der Waals surface area contributed by atoms with E-state index >= 15 is 0 Å². The molecule has 0 radical (unpaired) electrons. The van der Waals surface area contributed by atoms with E-state index in [-0.39, 0.29) is 12.2 Å². The van der Waals surface area contributed by atoms with Gasteiger partial charge in [-0.05, 0) is 25.7 Å². The Balaban J connectivity index is 1.24. The van der Waals surface area contributed by atoms with Gasteiger partial charge in [-0.2, -0.15) is 0 Å². The molecule has 0 amide bonds. The molecule has 0 aliphatic carbocycles. The maximum Gasteiger partial charge on any atom is 0.180 e. The van der Waals surface area contributed by atoms with E-state index in [1.54, 1.807) is 46.4 Å². The van der Waals surface area contributed by atoms with E-state index in [9.17, 15) is 0 Å². The van der Waals surface area contributed by atoms with Crippen LogP contribution >= 0.6 is 34.0 Å².